The van der Waals surface area contributed by atoms with Gasteiger partial charge in [-0.05, 0) is 30.5 Å². The lowest BCUT2D eigenvalue weighted by Crippen LogP contribution is -2.52. The highest BCUT2D eigenvalue weighted by Crippen LogP contribution is 2.15. The Morgan fingerprint density at radius 1 is 1.14 bits per heavy atom. The summed E-state index contributed by atoms with van der Waals surface area (Å²) in [6.07, 6.45) is 1.57. The molecule has 0 atom stereocenters. The predicted molar refractivity (Wildman–Crippen MR) is 89.9 cm³/mol. The normalized spacial score (nSPS) is 10.5. The predicted octanol–water partition coefficient (Wildman–Crippen LogP) is 1.52. The van der Waals surface area contributed by atoms with E-state index in [-0.39, 0.29) is 23.9 Å². The van der Waals surface area contributed by atoms with Crippen LogP contribution < -0.4 is 22.1 Å². The van der Waals surface area contributed by atoms with Crippen molar-refractivity contribution >= 4 is 24.3 Å². The second kappa shape index (κ2) is 9.27. The number of rotatable bonds is 7. The van der Waals surface area contributed by atoms with Crippen LogP contribution in [-0.4, -0.2) is 24.0 Å². The van der Waals surface area contributed by atoms with E-state index >= 15 is 0 Å². The molecule has 0 spiro atoms. The molecule has 0 fully saturated rings. The van der Waals surface area contributed by atoms with Gasteiger partial charge in [-0.1, -0.05) is 26.0 Å². The second-order valence-electron chi connectivity index (χ2n) is 5.06. The van der Waals surface area contributed by atoms with Crippen LogP contribution in [0.15, 0.2) is 24.3 Å². The van der Waals surface area contributed by atoms with Gasteiger partial charge in [0.2, 0.25) is 0 Å². The Balaban J connectivity index is 0.00000441. The Labute approximate surface area is 137 Å². The molecule has 6 nitrogen and oxygen atoms in total. The lowest BCUT2D eigenvalue weighted by Gasteiger charge is -2.31. The SMILES string of the molecule is CCC(CC)(CN)NC(=O)c1ccc(CNC(N)=O)cc1.Cl. The van der Waals surface area contributed by atoms with Gasteiger partial charge in [-0.2, -0.15) is 0 Å². The maximum Gasteiger partial charge on any atom is 0.312 e. The van der Waals surface area contributed by atoms with Crippen molar-refractivity contribution in [2.75, 3.05) is 6.54 Å². The second-order valence-corrected chi connectivity index (χ2v) is 5.06. The van der Waals surface area contributed by atoms with Crippen LogP contribution in [0, 0.1) is 0 Å². The van der Waals surface area contributed by atoms with Gasteiger partial charge in [-0.3, -0.25) is 4.79 Å². The van der Waals surface area contributed by atoms with Gasteiger partial charge in [0, 0.05) is 18.7 Å². The van der Waals surface area contributed by atoms with Crippen LogP contribution in [0.1, 0.15) is 42.6 Å². The average molecular weight is 329 g/mol. The highest BCUT2D eigenvalue weighted by molar-refractivity contribution is 5.94. The lowest BCUT2D eigenvalue weighted by atomic mass is 9.92. The number of nitrogens with two attached hydrogens (primary N) is 2. The first kappa shape index (κ1) is 20.2. The molecule has 0 aromatic heterocycles. The Bertz CT molecular complexity index is 479. The molecule has 22 heavy (non-hydrogen) atoms. The average Bonchev–Trinajstić information content (AvgIpc) is 2.51. The number of urea groups is 1. The Kier molecular flexibility index (Phi) is 8.52. The van der Waals surface area contributed by atoms with Crippen molar-refractivity contribution in [2.24, 2.45) is 11.5 Å². The minimum Gasteiger partial charge on any atom is -0.352 e. The first-order valence-corrected chi connectivity index (χ1v) is 7.11. The third kappa shape index (κ3) is 5.54. The molecule has 3 amide bonds. The largest absolute Gasteiger partial charge is 0.352 e. The van der Waals surface area contributed by atoms with E-state index in [0.717, 1.165) is 18.4 Å². The molecular formula is C15H25ClN4O2. The van der Waals surface area contributed by atoms with E-state index < -0.39 is 6.03 Å². The molecule has 0 unspecified atom stereocenters. The topological polar surface area (TPSA) is 110 Å². The quantitative estimate of drug-likeness (QED) is 0.609. The van der Waals surface area contributed by atoms with Gasteiger partial charge in [-0.25, -0.2) is 4.79 Å². The zero-order valence-corrected chi connectivity index (χ0v) is 13.8. The number of hydrogen-bond acceptors (Lipinski definition) is 3. The van der Waals surface area contributed by atoms with E-state index in [9.17, 15) is 9.59 Å². The molecule has 0 aliphatic heterocycles. The zero-order valence-electron chi connectivity index (χ0n) is 13.0. The Hall–Kier alpha value is -1.79. The summed E-state index contributed by atoms with van der Waals surface area (Å²) < 4.78 is 0. The number of nitrogens with one attached hydrogen (secondary N) is 2. The first-order chi connectivity index (χ1) is 9.96. The molecule has 0 saturated heterocycles. The number of carbonyl (C=O) groups excluding carboxylic acids is 2. The van der Waals surface area contributed by atoms with E-state index in [2.05, 4.69) is 10.6 Å². The molecular weight excluding hydrogens is 304 g/mol. The number of amides is 3. The van der Waals surface area contributed by atoms with Crippen LogP contribution >= 0.6 is 12.4 Å². The fourth-order valence-electron chi connectivity index (χ4n) is 2.04. The van der Waals surface area contributed by atoms with E-state index in [1.54, 1.807) is 24.3 Å². The fraction of sp³-hybridized carbons (Fsp3) is 0.467. The van der Waals surface area contributed by atoms with Gasteiger partial charge in [0.25, 0.3) is 5.91 Å². The maximum atomic E-state index is 12.3. The summed E-state index contributed by atoms with van der Waals surface area (Å²) in [7, 11) is 0. The highest BCUT2D eigenvalue weighted by atomic mass is 35.5. The summed E-state index contributed by atoms with van der Waals surface area (Å²) >= 11 is 0. The summed E-state index contributed by atoms with van der Waals surface area (Å²) in [5.74, 6) is -0.140. The minimum absolute atomic E-state index is 0. The van der Waals surface area contributed by atoms with Gasteiger partial charge in [0.05, 0.1) is 5.54 Å². The number of benzene rings is 1. The van der Waals surface area contributed by atoms with Gasteiger partial charge in [0.1, 0.15) is 0 Å². The maximum absolute atomic E-state index is 12.3. The van der Waals surface area contributed by atoms with Crippen molar-refractivity contribution in [3.63, 3.8) is 0 Å². The third-order valence-corrected chi connectivity index (χ3v) is 3.81. The molecule has 0 radical (unpaired) electrons. The molecule has 0 aliphatic rings. The lowest BCUT2D eigenvalue weighted by molar-refractivity contribution is 0.0895. The van der Waals surface area contributed by atoms with Gasteiger partial charge < -0.3 is 22.1 Å². The summed E-state index contributed by atoms with van der Waals surface area (Å²) in [6.45, 7) is 4.77. The Morgan fingerprint density at radius 2 is 1.68 bits per heavy atom. The van der Waals surface area contributed by atoms with Crippen LogP contribution in [0.3, 0.4) is 0 Å². The van der Waals surface area contributed by atoms with Crippen LogP contribution in [0.2, 0.25) is 0 Å². The molecule has 1 aromatic carbocycles. The third-order valence-electron chi connectivity index (χ3n) is 3.81. The number of halogens is 1. The molecule has 124 valence electrons. The van der Waals surface area contributed by atoms with Crippen molar-refractivity contribution < 1.29 is 9.59 Å². The zero-order chi connectivity index (χ0) is 15.9. The van der Waals surface area contributed by atoms with Crippen molar-refractivity contribution in [2.45, 2.75) is 38.8 Å². The van der Waals surface area contributed by atoms with Crippen LogP contribution in [0.25, 0.3) is 0 Å². The summed E-state index contributed by atoms with van der Waals surface area (Å²) in [5, 5.41) is 5.51. The summed E-state index contributed by atoms with van der Waals surface area (Å²) in [5.41, 5.74) is 11.9. The first-order valence-electron chi connectivity index (χ1n) is 7.11. The van der Waals surface area contributed by atoms with Crippen LogP contribution in [-0.2, 0) is 6.54 Å². The standard InChI is InChI=1S/C15H24N4O2.ClH/c1-3-15(4-2,10-16)19-13(20)12-7-5-11(6-8-12)9-18-14(17)21;/h5-8H,3-4,9-10,16H2,1-2H3,(H,19,20)(H3,17,18,21);1H. The van der Waals surface area contributed by atoms with Crippen molar-refractivity contribution in [3.05, 3.63) is 35.4 Å². The molecule has 1 aromatic rings. The van der Waals surface area contributed by atoms with Gasteiger partial charge >= 0.3 is 6.03 Å². The molecule has 0 saturated carbocycles. The smallest absolute Gasteiger partial charge is 0.312 e. The molecule has 1 rings (SSSR count). The fourth-order valence-corrected chi connectivity index (χ4v) is 2.04. The van der Waals surface area contributed by atoms with Crippen LogP contribution in [0.4, 0.5) is 4.79 Å². The molecule has 0 heterocycles. The van der Waals surface area contributed by atoms with E-state index in [1.165, 1.54) is 0 Å². The van der Waals surface area contributed by atoms with Crippen molar-refractivity contribution in [1.29, 1.82) is 0 Å². The summed E-state index contributed by atoms with van der Waals surface area (Å²) in [4.78, 5) is 22.9. The van der Waals surface area contributed by atoms with E-state index in [1.807, 2.05) is 13.8 Å². The number of hydrogen-bond donors (Lipinski definition) is 4. The minimum atomic E-state index is -0.574. The van der Waals surface area contributed by atoms with E-state index in [0.29, 0.717) is 18.7 Å². The van der Waals surface area contributed by atoms with Crippen molar-refractivity contribution in [1.82, 2.24) is 10.6 Å². The molecule has 0 aliphatic carbocycles. The molecule has 6 N–H and O–H groups in total. The molecule has 0 bridgehead atoms. The van der Waals surface area contributed by atoms with Crippen LogP contribution in [0.5, 0.6) is 0 Å². The van der Waals surface area contributed by atoms with Gasteiger partial charge in [-0.15, -0.1) is 12.4 Å². The van der Waals surface area contributed by atoms with Gasteiger partial charge in [0.15, 0.2) is 0 Å². The highest BCUT2D eigenvalue weighted by Gasteiger charge is 2.26. The van der Waals surface area contributed by atoms with E-state index in [4.69, 9.17) is 11.5 Å². The number of carbonyl (C=O) groups is 2. The monoisotopic (exact) mass is 328 g/mol. The summed E-state index contributed by atoms with van der Waals surface area (Å²) in [6, 6.07) is 6.44. The number of primary amides is 1. The molecule has 7 heteroatoms. The Morgan fingerprint density at radius 3 is 2.09 bits per heavy atom. The van der Waals surface area contributed by atoms with Crippen molar-refractivity contribution in [3.8, 4) is 0 Å².